The number of ether oxygens (including phenoxy) is 3. The molecule has 10 nitrogen and oxygen atoms in total. The van der Waals surface area contributed by atoms with E-state index in [0.717, 1.165) is 16.7 Å². The number of alkyl carbamates (subject to hydrolysis) is 1. The molecule has 0 aromatic rings. The molecule has 1 aliphatic heterocycles. The molecule has 0 unspecified atom stereocenters. The van der Waals surface area contributed by atoms with E-state index in [2.05, 4.69) is 5.32 Å². The third kappa shape index (κ3) is 9.16. The molecular formula is C20H32N2O8S. The summed E-state index contributed by atoms with van der Waals surface area (Å²) in [5.41, 5.74) is -1.60. The van der Waals surface area contributed by atoms with Crippen LogP contribution in [0.2, 0.25) is 0 Å². The number of nitrogens with zero attached hydrogens (tertiary/aromatic N) is 1. The molecule has 0 aromatic heterocycles. The van der Waals surface area contributed by atoms with E-state index in [9.17, 15) is 24.0 Å². The van der Waals surface area contributed by atoms with Gasteiger partial charge in [0, 0.05) is 12.2 Å². The smallest absolute Gasteiger partial charge is 0.408 e. The molecule has 1 saturated heterocycles. The molecule has 3 amide bonds. The molecule has 0 saturated carbocycles. The lowest BCUT2D eigenvalue weighted by atomic mass is 10.1. The van der Waals surface area contributed by atoms with E-state index in [0.29, 0.717) is 0 Å². The van der Waals surface area contributed by atoms with Crippen molar-refractivity contribution < 1.29 is 38.2 Å². The van der Waals surface area contributed by atoms with Crippen LogP contribution in [0.5, 0.6) is 0 Å². The van der Waals surface area contributed by atoms with Gasteiger partial charge >= 0.3 is 18.0 Å². The first-order valence-corrected chi connectivity index (χ1v) is 11.0. The lowest BCUT2D eigenvalue weighted by Crippen LogP contribution is -2.48. The van der Waals surface area contributed by atoms with E-state index in [1.165, 1.54) is 0 Å². The Balaban J connectivity index is 2.89. The van der Waals surface area contributed by atoms with Crippen LogP contribution in [0.1, 0.15) is 61.3 Å². The minimum absolute atomic E-state index is 0.106. The fourth-order valence-electron chi connectivity index (χ4n) is 2.57. The van der Waals surface area contributed by atoms with Gasteiger partial charge in [-0.1, -0.05) is 11.8 Å². The number of imide groups is 1. The number of hydrogen-bond donors (Lipinski definition) is 1. The monoisotopic (exact) mass is 460 g/mol. The summed E-state index contributed by atoms with van der Waals surface area (Å²) in [6, 6.07) is -2.19. The van der Waals surface area contributed by atoms with Gasteiger partial charge in [-0.3, -0.25) is 14.5 Å². The van der Waals surface area contributed by atoms with Crippen molar-refractivity contribution in [1.82, 2.24) is 10.2 Å². The number of carbonyl (C=O) groups excluding carboxylic acids is 5. The molecule has 1 fully saturated rings. The minimum atomic E-state index is -1.18. The summed E-state index contributed by atoms with van der Waals surface area (Å²) in [5, 5.41) is 1.86. The zero-order chi connectivity index (χ0) is 24.0. The van der Waals surface area contributed by atoms with Crippen LogP contribution in [-0.4, -0.2) is 69.7 Å². The predicted octanol–water partition coefficient (Wildman–Crippen LogP) is 2.63. The van der Waals surface area contributed by atoms with Crippen molar-refractivity contribution in [3.05, 3.63) is 0 Å². The first-order chi connectivity index (χ1) is 14.1. The normalized spacial score (nSPS) is 17.7. The van der Waals surface area contributed by atoms with Crippen LogP contribution in [0.25, 0.3) is 0 Å². The Hall–Kier alpha value is -2.30. The van der Waals surface area contributed by atoms with Gasteiger partial charge in [-0.05, 0) is 54.9 Å². The lowest BCUT2D eigenvalue weighted by molar-refractivity contribution is -0.158. The molecule has 2 atom stereocenters. The van der Waals surface area contributed by atoms with Gasteiger partial charge in [-0.2, -0.15) is 0 Å². The van der Waals surface area contributed by atoms with Crippen molar-refractivity contribution >= 4 is 40.9 Å². The average Bonchev–Trinajstić information content (AvgIpc) is 2.97. The molecule has 0 aromatic carbocycles. The zero-order valence-electron chi connectivity index (χ0n) is 19.1. The second-order valence-corrected chi connectivity index (χ2v) is 9.85. The van der Waals surface area contributed by atoms with Crippen molar-refractivity contribution in [3.8, 4) is 0 Å². The van der Waals surface area contributed by atoms with Gasteiger partial charge in [0.15, 0.2) is 0 Å². The van der Waals surface area contributed by atoms with Crippen LogP contribution in [0.15, 0.2) is 0 Å². The van der Waals surface area contributed by atoms with E-state index >= 15 is 0 Å². The van der Waals surface area contributed by atoms with Gasteiger partial charge in [-0.25, -0.2) is 14.4 Å². The van der Waals surface area contributed by atoms with Crippen molar-refractivity contribution in [2.75, 3.05) is 12.4 Å². The summed E-state index contributed by atoms with van der Waals surface area (Å²) in [6.07, 6.45) is -1.26. The van der Waals surface area contributed by atoms with Gasteiger partial charge in [0.05, 0.1) is 6.61 Å². The van der Waals surface area contributed by atoms with E-state index in [-0.39, 0.29) is 25.2 Å². The standard InChI is InChI=1S/C20H32N2O8S/c1-8-28-16(25)13-11-31-18(27)22(13)14(23)10-9-12(15(24)29-19(2,3)4)21-17(26)30-20(5,6)7/h12-13H,8-11H2,1-7H3,(H,21,26)/t12-,13-/m0/s1. The number of carbonyl (C=O) groups is 5. The molecule has 11 heteroatoms. The maximum absolute atomic E-state index is 12.7. The Bertz CT molecular complexity index is 711. The van der Waals surface area contributed by atoms with E-state index < -0.39 is 52.5 Å². The number of thioether (sulfide) groups is 1. The van der Waals surface area contributed by atoms with E-state index in [4.69, 9.17) is 14.2 Å². The van der Waals surface area contributed by atoms with E-state index in [1.807, 2.05) is 0 Å². The minimum Gasteiger partial charge on any atom is -0.464 e. The van der Waals surface area contributed by atoms with Gasteiger partial charge in [0.2, 0.25) is 5.91 Å². The van der Waals surface area contributed by atoms with E-state index in [1.54, 1.807) is 48.5 Å². The highest BCUT2D eigenvalue weighted by Gasteiger charge is 2.42. The summed E-state index contributed by atoms with van der Waals surface area (Å²) < 4.78 is 15.4. The van der Waals surface area contributed by atoms with Crippen LogP contribution in [0.3, 0.4) is 0 Å². The Labute approximate surface area is 186 Å². The first-order valence-electron chi connectivity index (χ1n) is 10.0. The predicted molar refractivity (Wildman–Crippen MR) is 113 cm³/mol. The summed E-state index contributed by atoms with van der Waals surface area (Å²) in [5.74, 6) is -1.94. The fourth-order valence-corrected chi connectivity index (χ4v) is 3.52. The molecule has 1 heterocycles. The Morgan fingerprint density at radius 2 is 1.68 bits per heavy atom. The Morgan fingerprint density at radius 1 is 1.10 bits per heavy atom. The number of amides is 3. The van der Waals surface area contributed by atoms with Crippen molar-refractivity contribution in [1.29, 1.82) is 0 Å². The Morgan fingerprint density at radius 3 is 2.19 bits per heavy atom. The number of rotatable bonds is 7. The second kappa shape index (κ2) is 10.8. The zero-order valence-corrected chi connectivity index (χ0v) is 19.9. The molecule has 0 aliphatic carbocycles. The SMILES string of the molecule is CCOC(=O)[C@@H]1CSC(=O)N1C(=O)CC[C@H](NC(=O)OC(C)(C)C)C(=O)OC(C)(C)C. The van der Waals surface area contributed by atoms with Crippen LogP contribution in [0, 0.1) is 0 Å². The number of esters is 2. The summed E-state index contributed by atoms with van der Waals surface area (Å²) in [4.78, 5) is 62.4. The lowest BCUT2D eigenvalue weighted by Gasteiger charge is -2.26. The van der Waals surface area contributed by atoms with Crippen LogP contribution in [0.4, 0.5) is 9.59 Å². The third-order valence-corrected chi connectivity index (χ3v) is 4.66. The molecule has 0 bridgehead atoms. The average molecular weight is 461 g/mol. The van der Waals surface area contributed by atoms with Crippen LogP contribution in [-0.2, 0) is 28.6 Å². The van der Waals surface area contributed by atoms with Crippen molar-refractivity contribution in [2.45, 2.75) is 84.6 Å². The molecule has 31 heavy (non-hydrogen) atoms. The quantitative estimate of drug-likeness (QED) is 0.450. The van der Waals surface area contributed by atoms with Gasteiger partial charge in [0.1, 0.15) is 23.3 Å². The molecular weight excluding hydrogens is 428 g/mol. The molecule has 1 rings (SSSR count). The highest BCUT2D eigenvalue weighted by atomic mass is 32.2. The van der Waals surface area contributed by atoms with Gasteiger partial charge < -0.3 is 19.5 Å². The van der Waals surface area contributed by atoms with Crippen LogP contribution >= 0.6 is 11.8 Å². The van der Waals surface area contributed by atoms with Gasteiger partial charge in [-0.15, -0.1) is 0 Å². The highest BCUT2D eigenvalue weighted by molar-refractivity contribution is 8.14. The molecule has 1 N–H and O–H groups in total. The maximum atomic E-state index is 12.7. The maximum Gasteiger partial charge on any atom is 0.408 e. The third-order valence-electron chi connectivity index (χ3n) is 3.73. The molecule has 1 aliphatic rings. The van der Waals surface area contributed by atoms with Gasteiger partial charge in [0.25, 0.3) is 5.24 Å². The fraction of sp³-hybridized carbons (Fsp3) is 0.750. The summed E-state index contributed by atoms with van der Waals surface area (Å²) >= 11 is 0.845. The number of hydrogen-bond acceptors (Lipinski definition) is 9. The second-order valence-electron chi connectivity index (χ2n) is 8.88. The summed E-state index contributed by atoms with van der Waals surface area (Å²) in [6.45, 7) is 11.8. The number of nitrogens with one attached hydrogen (secondary N) is 1. The molecule has 176 valence electrons. The van der Waals surface area contributed by atoms with Crippen molar-refractivity contribution in [2.24, 2.45) is 0 Å². The Kier molecular flexibility index (Phi) is 9.34. The summed E-state index contributed by atoms with van der Waals surface area (Å²) in [7, 11) is 0. The van der Waals surface area contributed by atoms with Crippen molar-refractivity contribution in [3.63, 3.8) is 0 Å². The topological polar surface area (TPSA) is 128 Å². The molecule has 0 spiro atoms. The van der Waals surface area contributed by atoms with Crippen LogP contribution < -0.4 is 5.32 Å². The first kappa shape index (κ1) is 26.7. The highest BCUT2D eigenvalue weighted by Crippen LogP contribution is 2.26. The largest absolute Gasteiger partial charge is 0.464 e. The molecule has 0 radical (unpaired) electrons.